The van der Waals surface area contributed by atoms with Crippen molar-refractivity contribution in [3.8, 4) is 0 Å². The minimum absolute atomic E-state index is 0.0284. The fourth-order valence-electron chi connectivity index (χ4n) is 5.17. The second-order valence-corrected chi connectivity index (χ2v) is 14.1. The number of hydrogen-bond acceptors (Lipinski definition) is 10. The second-order valence-electron chi connectivity index (χ2n) is 14.1. The summed E-state index contributed by atoms with van der Waals surface area (Å²) in [6.45, 7) is 6.46. The van der Waals surface area contributed by atoms with Gasteiger partial charge in [0.05, 0.1) is 25.7 Å². The van der Waals surface area contributed by atoms with E-state index in [1.807, 2.05) is 128 Å². The molecule has 0 aliphatic rings. The first-order chi connectivity index (χ1) is 30.3. The molecule has 0 aromatic heterocycles. The van der Waals surface area contributed by atoms with E-state index in [0.717, 1.165) is 22.3 Å². The molecule has 0 saturated carbocycles. The maximum Gasteiger partial charge on any atom is 0.280 e. The summed E-state index contributed by atoms with van der Waals surface area (Å²) in [7, 11) is 6.16. The van der Waals surface area contributed by atoms with Gasteiger partial charge in [0.1, 0.15) is 18.7 Å². The van der Waals surface area contributed by atoms with Crippen molar-refractivity contribution in [2.75, 3.05) is 54.9 Å². The maximum atomic E-state index is 11.8. The summed E-state index contributed by atoms with van der Waals surface area (Å²) >= 11 is 0. The van der Waals surface area contributed by atoms with Crippen molar-refractivity contribution >= 4 is 29.5 Å². The molecule has 4 atom stereocenters. The number of hydrogen-bond donors (Lipinski definition) is 7. The van der Waals surface area contributed by atoms with Gasteiger partial charge in [0.2, 0.25) is 23.6 Å². The summed E-state index contributed by atoms with van der Waals surface area (Å²) in [5, 5.41) is 13.7. The van der Waals surface area contributed by atoms with Crippen LogP contribution in [0.4, 0.5) is 0 Å². The molecule has 0 saturated heterocycles. The summed E-state index contributed by atoms with van der Waals surface area (Å²) in [6.07, 6.45) is 0. The van der Waals surface area contributed by atoms with Gasteiger partial charge in [0, 0.05) is 61.5 Å². The van der Waals surface area contributed by atoms with Crippen LogP contribution < -0.4 is 38.1 Å². The van der Waals surface area contributed by atoms with Gasteiger partial charge in [-0.3, -0.25) is 24.0 Å². The van der Waals surface area contributed by atoms with E-state index in [1.165, 1.54) is 21.1 Å². The van der Waals surface area contributed by atoms with Gasteiger partial charge in [0.15, 0.2) is 6.04 Å². The molecule has 16 heteroatoms. The monoisotopic (exact) mass is 875 g/mol. The molecule has 0 heterocycles. The zero-order valence-corrected chi connectivity index (χ0v) is 37.5. The lowest BCUT2D eigenvalue weighted by molar-refractivity contribution is -0.409. The van der Waals surface area contributed by atoms with Crippen molar-refractivity contribution in [2.24, 2.45) is 11.7 Å². The number of quaternary nitrogens is 1. The normalized spacial score (nSPS) is 12.0. The number of carbonyl (C=O) groups excluding carboxylic acids is 5. The fourth-order valence-corrected chi connectivity index (χ4v) is 5.17. The number of methoxy groups -OCH3 is 4. The third kappa shape index (κ3) is 26.8. The van der Waals surface area contributed by atoms with Gasteiger partial charge in [-0.05, 0) is 22.3 Å². The molecule has 0 radical (unpaired) electrons. The first-order valence-corrected chi connectivity index (χ1v) is 20.4. The Kier molecular flexibility index (Phi) is 30.2. The fraction of sp³-hybridized carbons (Fsp3) is 0.383. The number of rotatable bonds is 21. The first-order valence-electron chi connectivity index (χ1n) is 20.4. The third-order valence-electron chi connectivity index (χ3n) is 8.55. The summed E-state index contributed by atoms with van der Waals surface area (Å²) in [6, 6.07) is 37.3. The van der Waals surface area contributed by atoms with Crippen molar-refractivity contribution in [3.63, 3.8) is 0 Å². The van der Waals surface area contributed by atoms with Gasteiger partial charge in [0.25, 0.3) is 5.91 Å². The smallest absolute Gasteiger partial charge is 0.280 e. The number of amides is 5. The molecular formula is C47H68N7O9+. The van der Waals surface area contributed by atoms with Crippen LogP contribution >= 0.6 is 0 Å². The van der Waals surface area contributed by atoms with E-state index < -0.39 is 12.1 Å². The lowest BCUT2D eigenvalue weighted by atomic mass is 10.1. The Bertz CT molecular complexity index is 1680. The Morgan fingerprint density at radius 2 is 0.825 bits per heavy atom. The number of carbonyl (C=O) groups is 5. The lowest BCUT2D eigenvalue weighted by Gasteiger charge is -2.16. The van der Waals surface area contributed by atoms with E-state index in [0.29, 0.717) is 39.4 Å². The second kappa shape index (κ2) is 34.6. The van der Waals surface area contributed by atoms with Crippen LogP contribution in [0.25, 0.3) is 0 Å². The van der Waals surface area contributed by atoms with E-state index in [4.69, 9.17) is 24.7 Å². The van der Waals surface area contributed by atoms with Gasteiger partial charge in [-0.1, -0.05) is 128 Å². The molecule has 10 N–H and O–H groups in total. The highest BCUT2D eigenvalue weighted by Crippen LogP contribution is 2.02. The number of ether oxygens (including phenoxy) is 4. The van der Waals surface area contributed by atoms with Crippen molar-refractivity contribution in [1.29, 1.82) is 0 Å². The van der Waals surface area contributed by atoms with Gasteiger partial charge >= 0.3 is 0 Å². The van der Waals surface area contributed by atoms with Crippen LogP contribution in [0.2, 0.25) is 0 Å². The molecule has 63 heavy (non-hydrogen) atoms. The van der Waals surface area contributed by atoms with Crippen molar-refractivity contribution < 1.29 is 48.7 Å². The molecule has 4 rings (SSSR count). The molecule has 344 valence electrons. The summed E-state index contributed by atoms with van der Waals surface area (Å²) in [5.41, 5.74) is 13.5. The Hall–Kier alpha value is -6.01. The predicted molar refractivity (Wildman–Crippen MR) is 242 cm³/mol. The van der Waals surface area contributed by atoms with Gasteiger partial charge in [-0.15, -0.1) is 0 Å². The largest absolute Gasteiger partial charge is 0.384 e. The first kappa shape index (κ1) is 55.0. The highest BCUT2D eigenvalue weighted by Gasteiger charge is 2.19. The molecule has 0 fully saturated rings. The lowest BCUT2D eigenvalue weighted by Crippen LogP contribution is -2.69. The van der Waals surface area contributed by atoms with Crippen LogP contribution in [0.3, 0.4) is 0 Å². The van der Waals surface area contributed by atoms with Crippen molar-refractivity contribution in [1.82, 2.24) is 26.6 Å². The summed E-state index contributed by atoms with van der Waals surface area (Å²) in [4.78, 5) is 57.2. The maximum absolute atomic E-state index is 11.8. The molecule has 0 spiro atoms. The van der Waals surface area contributed by atoms with Crippen LogP contribution in [0.1, 0.15) is 36.1 Å². The molecule has 0 aliphatic carbocycles. The molecule has 0 aliphatic heterocycles. The van der Waals surface area contributed by atoms with Crippen LogP contribution in [0, 0.1) is 5.92 Å². The highest BCUT2D eigenvalue weighted by molar-refractivity contribution is 5.87. The molecular weight excluding hydrogens is 807 g/mol. The van der Waals surface area contributed by atoms with E-state index in [1.54, 1.807) is 14.2 Å². The molecule has 0 bridgehead atoms. The number of nitrogens with one attached hydrogen (secondary N) is 5. The van der Waals surface area contributed by atoms with Crippen LogP contribution in [-0.4, -0.2) is 103 Å². The predicted octanol–water partition coefficient (Wildman–Crippen LogP) is 1.88. The van der Waals surface area contributed by atoms with E-state index in [-0.39, 0.29) is 54.7 Å². The minimum atomic E-state index is -0.656. The van der Waals surface area contributed by atoms with Gasteiger partial charge in [-0.25, -0.2) is 0 Å². The number of nitrogens with two attached hydrogens (primary N) is 1. The molecule has 4 aromatic rings. The Morgan fingerprint density at radius 3 is 1.17 bits per heavy atom. The summed E-state index contributed by atoms with van der Waals surface area (Å²) in [5.74, 6) is -0.858. The van der Waals surface area contributed by atoms with Gasteiger partial charge < -0.3 is 57.0 Å². The molecule has 5 amide bonds. The molecule has 2 unspecified atom stereocenters. The van der Waals surface area contributed by atoms with Crippen molar-refractivity contribution in [2.45, 2.75) is 58.2 Å². The summed E-state index contributed by atoms with van der Waals surface area (Å²) < 4.78 is 19.5. The standard InChI is InChI=1S/C13H18N2O3.C12H17NO2.2C11H16N2O2/c1-10(16)15-12(9-18-2)13(17)14-8-11-6-4-3-5-7-11;1-10(9-15-2)12(14)13-8-11-6-4-3-5-7-11;2*1-15-8-10(12)11(14)13-7-9-5-3-2-4-6-9/h3-7,12H,8-9H2,1-2H3,(H,14,17)(H,15,16);3-7,10H,8-9H2,1-2H3,(H,13,14);2*2-6,10H,7-8,12H2,1H3,(H,13,14)/p+1/t12-;;10-;/m1.1./s1. The Morgan fingerprint density at radius 1 is 0.492 bits per heavy atom. The Labute approximate surface area is 372 Å². The minimum Gasteiger partial charge on any atom is -0.384 e. The average Bonchev–Trinajstić information content (AvgIpc) is 3.30. The van der Waals surface area contributed by atoms with Crippen molar-refractivity contribution in [3.05, 3.63) is 144 Å². The topological polar surface area (TPSA) is 236 Å². The van der Waals surface area contributed by atoms with Crippen LogP contribution in [0.5, 0.6) is 0 Å². The highest BCUT2D eigenvalue weighted by atomic mass is 16.5. The van der Waals surface area contributed by atoms with Crippen LogP contribution in [-0.2, 0) is 69.1 Å². The van der Waals surface area contributed by atoms with Crippen LogP contribution in [0.15, 0.2) is 121 Å². The van der Waals surface area contributed by atoms with E-state index in [9.17, 15) is 24.0 Å². The molecule has 4 aromatic carbocycles. The SMILES string of the molecule is COCC(C)C(=O)NCc1ccccc1.COCC(N)C(=O)NCc1ccccc1.COC[C@@H](NC(C)=O)C(=O)NCc1ccccc1.COC[C@@H]([NH3+])C(=O)NCc1ccccc1. The Balaban J connectivity index is 0.000000421. The average molecular weight is 875 g/mol. The van der Waals surface area contributed by atoms with E-state index >= 15 is 0 Å². The third-order valence-corrected chi connectivity index (χ3v) is 8.55. The zero-order chi connectivity index (χ0) is 46.7. The molecule has 16 nitrogen and oxygen atoms in total. The zero-order valence-electron chi connectivity index (χ0n) is 37.5. The quantitative estimate of drug-likeness (QED) is 0.0642. The van der Waals surface area contributed by atoms with Gasteiger partial charge in [-0.2, -0.15) is 0 Å². The van der Waals surface area contributed by atoms with E-state index in [2.05, 4.69) is 32.3 Å². The number of benzene rings is 4.